The number of hydrogen-bond acceptors (Lipinski definition) is 3. The maximum Gasteiger partial charge on any atom is 0.303 e. The van der Waals surface area contributed by atoms with Gasteiger partial charge >= 0.3 is 5.97 Å². The molecule has 37 heavy (non-hydrogen) atoms. The molecule has 0 heterocycles. The van der Waals surface area contributed by atoms with Crippen LogP contribution in [0.4, 0.5) is 0 Å². The Morgan fingerprint density at radius 1 is 0.703 bits per heavy atom. The number of phenolic OH excluding ortho intramolecular Hbond substituents is 1. The molecular formula is C33H44O4. The predicted octanol–water partition coefficient (Wildman–Crippen LogP) is 8.77. The molecule has 2 bridgehead atoms. The van der Waals surface area contributed by atoms with Crippen LogP contribution in [0, 0.1) is 11.8 Å². The zero-order valence-electron chi connectivity index (χ0n) is 22.3. The van der Waals surface area contributed by atoms with Crippen LogP contribution in [-0.4, -0.2) is 22.8 Å². The largest absolute Gasteiger partial charge is 0.508 e. The lowest BCUT2D eigenvalue weighted by atomic mass is 9.65. The quantitative estimate of drug-likeness (QED) is 0.252. The van der Waals surface area contributed by atoms with E-state index in [2.05, 4.69) is 36.4 Å². The smallest absolute Gasteiger partial charge is 0.303 e. The van der Waals surface area contributed by atoms with Crippen LogP contribution in [0.15, 0.2) is 54.1 Å². The van der Waals surface area contributed by atoms with Crippen LogP contribution in [-0.2, 0) is 4.79 Å². The molecule has 0 amide bonds. The van der Waals surface area contributed by atoms with Gasteiger partial charge in [-0.05, 0) is 91.3 Å². The summed E-state index contributed by atoms with van der Waals surface area (Å²) in [6.45, 7) is 0.744. The number of aromatic hydroxyl groups is 1. The van der Waals surface area contributed by atoms with E-state index in [1.54, 1.807) is 5.57 Å². The molecule has 0 aromatic heterocycles. The van der Waals surface area contributed by atoms with Gasteiger partial charge in [0, 0.05) is 6.42 Å². The van der Waals surface area contributed by atoms with Crippen molar-refractivity contribution in [3.63, 3.8) is 0 Å². The predicted molar refractivity (Wildman–Crippen MR) is 150 cm³/mol. The van der Waals surface area contributed by atoms with Crippen molar-refractivity contribution in [2.24, 2.45) is 11.8 Å². The number of aliphatic carboxylic acids is 1. The van der Waals surface area contributed by atoms with Gasteiger partial charge in [0.1, 0.15) is 11.5 Å². The van der Waals surface area contributed by atoms with Crippen molar-refractivity contribution in [1.29, 1.82) is 0 Å². The fraction of sp³-hybridized carbons (Fsp3) is 0.545. The van der Waals surface area contributed by atoms with Crippen molar-refractivity contribution < 1.29 is 19.7 Å². The number of ether oxygens (including phenoxy) is 1. The fourth-order valence-electron chi connectivity index (χ4n) is 6.35. The molecule has 2 aliphatic rings. The molecule has 2 saturated carbocycles. The Balaban J connectivity index is 1.29. The van der Waals surface area contributed by atoms with Gasteiger partial charge in [-0.2, -0.15) is 0 Å². The minimum absolute atomic E-state index is 0.301. The lowest BCUT2D eigenvalue weighted by molar-refractivity contribution is -0.137. The third kappa shape index (κ3) is 8.12. The van der Waals surface area contributed by atoms with Crippen molar-refractivity contribution in [3.8, 4) is 11.5 Å². The van der Waals surface area contributed by atoms with E-state index in [9.17, 15) is 9.90 Å². The molecule has 0 aliphatic heterocycles. The number of hydrogen-bond donors (Lipinski definition) is 2. The standard InChI is InChI=1S/C33H44O4/c34-29-20-16-27(17-21-29)33(32-25-11-9-12-26(32)14-10-13-25)28-18-22-30(23-19-28)37-24-8-6-4-2-1-3-5-7-15-31(35)36/h16-23,25-26,34H,1-15,24H2,(H,35,36). The van der Waals surface area contributed by atoms with Gasteiger partial charge in [0.25, 0.3) is 0 Å². The summed E-state index contributed by atoms with van der Waals surface area (Å²) >= 11 is 0. The summed E-state index contributed by atoms with van der Waals surface area (Å²) < 4.78 is 6.06. The number of fused-ring (bicyclic) bond motifs is 2. The first-order chi connectivity index (χ1) is 18.1. The minimum Gasteiger partial charge on any atom is -0.508 e. The Morgan fingerprint density at radius 2 is 1.19 bits per heavy atom. The van der Waals surface area contributed by atoms with Crippen LogP contribution in [0.1, 0.15) is 107 Å². The molecule has 4 heteroatoms. The van der Waals surface area contributed by atoms with E-state index in [1.165, 1.54) is 80.9 Å². The first-order valence-electron chi connectivity index (χ1n) is 14.6. The Kier molecular flexibility index (Phi) is 10.5. The number of benzene rings is 2. The lowest BCUT2D eigenvalue weighted by Crippen LogP contribution is -2.25. The molecule has 0 saturated heterocycles. The summed E-state index contributed by atoms with van der Waals surface area (Å²) in [5, 5.41) is 18.6. The maximum absolute atomic E-state index is 10.5. The molecule has 4 rings (SSSR count). The van der Waals surface area contributed by atoms with Gasteiger partial charge in [-0.3, -0.25) is 4.79 Å². The second-order valence-corrected chi connectivity index (χ2v) is 11.0. The molecule has 0 atom stereocenters. The van der Waals surface area contributed by atoms with Gasteiger partial charge in [0.2, 0.25) is 0 Å². The van der Waals surface area contributed by atoms with Crippen LogP contribution in [0.3, 0.4) is 0 Å². The molecule has 4 nitrogen and oxygen atoms in total. The van der Waals surface area contributed by atoms with E-state index in [1.807, 2.05) is 12.1 Å². The van der Waals surface area contributed by atoms with Gasteiger partial charge in [-0.1, -0.05) is 81.2 Å². The molecule has 0 spiro atoms. The van der Waals surface area contributed by atoms with Crippen LogP contribution >= 0.6 is 0 Å². The molecule has 2 fully saturated rings. The van der Waals surface area contributed by atoms with E-state index in [4.69, 9.17) is 9.84 Å². The van der Waals surface area contributed by atoms with Crippen molar-refractivity contribution in [2.45, 2.75) is 96.3 Å². The zero-order valence-corrected chi connectivity index (χ0v) is 22.3. The number of phenols is 1. The fourth-order valence-corrected chi connectivity index (χ4v) is 6.35. The average Bonchev–Trinajstić information content (AvgIpc) is 2.89. The van der Waals surface area contributed by atoms with E-state index in [-0.39, 0.29) is 0 Å². The third-order valence-corrected chi connectivity index (χ3v) is 8.23. The molecular weight excluding hydrogens is 460 g/mol. The molecule has 0 unspecified atom stereocenters. The SMILES string of the molecule is O=C(O)CCCCCCCCCCOc1ccc(C(=C2C3CCCC2CCC3)c2ccc(O)cc2)cc1. The van der Waals surface area contributed by atoms with E-state index >= 15 is 0 Å². The Morgan fingerprint density at radius 3 is 1.73 bits per heavy atom. The second-order valence-electron chi connectivity index (χ2n) is 11.0. The van der Waals surface area contributed by atoms with E-state index in [0.29, 0.717) is 24.0 Å². The van der Waals surface area contributed by atoms with Gasteiger partial charge < -0.3 is 14.9 Å². The summed E-state index contributed by atoms with van der Waals surface area (Å²) in [5.74, 6) is 1.95. The Bertz CT molecular complexity index is 982. The van der Waals surface area contributed by atoms with Crippen LogP contribution in [0.5, 0.6) is 11.5 Å². The first-order valence-corrected chi connectivity index (χ1v) is 14.6. The van der Waals surface area contributed by atoms with Crippen LogP contribution in [0.2, 0.25) is 0 Å². The number of unbranched alkanes of at least 4 members (excludes halogenated alkanes) is 7. The lowest BCUT2D eigenvalue weighted by Gasteiger charge is -2.39. The molecule has 2 aromatic carbocycles. The molecule has 0 radical (unpaired) electrons. The number of allylic oxidation sites excluding steroid dienone is 1. The third-order valence-electron chi connectivity index (χ3n) is 8.23. The van der Waals surface area contributed by atoms with Crippen molar-refractivity contribution in [1.82, 2.24) is 0 Å². The summed E-state index contributed by atoms with van der Waals surface area (Å²) in [7, 11) is 0. The second kappa shape index (κ2) is 14.3. The number of carboxylic acid groups (broad SMARTS) is 1. The Hall–Kier alpha value is -2.75. The number of rotatable bonds is 14. The highest BCUT2D eigenvalue weighted by molar-refractivity contribution is 5.83. The summed E-state index contributed by atoms with van der Waals surface area (Å²) in [6.07, 6.45) is 17.1. The zero-order chi connectivity index (χ0) is 25.9. The molecule has 200 valence electrons. The van der Waals surface area contributed by atoms with Crippen LogP contribution < -0.4 is 4.74 Å². The number of carbonyl (C=O) groups is 1. The van der Waals surface area contributed by atoms with Crippen LogP contribution in [0.25, 0.3) is 5.57 Å². The molecule has 2 N–H and O–H groups in total. The van der Waals surface area contributed by atoms with E-state index < -0.39 is 5.97 Å². The summed E-state index contributed by atoms with van der Waals surface area (Å²) in [6, 6.07) is 16.4. The van der Waals surface area contributed by atoms with Gasteiger partial charge in [0.15, 0.2) is 0 Å². The first kappa shape index (κ1) is 27.3. The van der Waals surface area contributed by atoms with Crippen molar-refractivity contribution in [3.05, 3.63) is 65.2 Å². The monoisotopic (exact) mass is 504 g/mol. The van der Waals surface area contributed by atoms with Gasteiger partial charge in [0.05, 0.1) is 6.61 Å². The van der Waals surface area contributed by atoms with Crippen molar-refractivity contribution >= 4 is 11.5 Å². The van der Waals surface area contributed by atoms with Crippen molar-refractivity contribution in [2.75, 3.05) is 6.61 Å². The molecule has 2 aliphatic carbocycles. The van der Waals surface area contributed by atoms with Gasteiger partial charge in [-0.15, -0.1) is 0 Å². The van der Waals surface area contributed by atoms with Gasteiger partial charge in [-0.25, -0.2) is 0 Å². The highest BCUT2D eigenvalue weighted by Gasteiger charge is 2.33. The van der Waals surface area contributed by atoms with E-state index in [0.717, 1.165) is 38.0 Å². The summed E-state index contributed by atoms with van der Waals surface area (Å²) in [4.78, 5) is 10.5. The normalized spacial score (nSPS) is 19.0. The highest BCUT2D eigenvalue weighted by atomic mass is 16.5. The highest BCUT2D eigenvalue weighted by Crippen LogP contribution is 2.48. The average molecular weight is 505 g/mol. The maximum atomic E-state index is 10.5. The topological polar surface area (TPSA) is 66.8 Å². The number of carboxylic acids is 1. The molecule has 2 aromatic rings. The Labute approximate surface area is 222 Å². The minimum atomic E-state index is -0.684. The summed E-state index contributed by atoms with van der Waals surface area (Å²) in [5.41, 5.74) is 5.50.